The van der Waals surface area contributed by atoms with Crippen LogP contribution in [-0.4, -0.2) is 38.0 Å². The monoisotopic (exact) mass is 310 g/mol. The van der Waals surface area contributed by atoms with Gasteiger partial charge in [-0.2, -0.15) is 4.31 Å². The number of nitrogens with two attached hydrogens (primary N) is 1. The number of fused-ring (bicyclic) bond motifs is 1. The number of hydrogen-bond donors (Lipinski definition) is 1. The molecule has 1 saturated heterocycles. The molecule has 1 saturated carbocycles. The van der Waals surface area contributed by atoms with Crippen LogP contribution in [-0.2, 0) is 21.3 Å². The molecule has 2 unspecified atom stereocenters. The summed E-state index contributed by atoms with van der Waals surface area (Å²) in [4.78, 5) is 0.396. The fraction of sp³-hybridized carbons (Fsp3) is 0.600. The highest BCUT2D eigenvalue weighted by atomic mass is 32.2. The van der Waals surface area contributed by atoms with Gasteiger partial charge in [0.15, 0.2) is 0 Å². The van der Waals surface area contributed by atoms with Gasteiger partial charge < -0.3 is 10.5 Å². The van der Waals surface area contributed by atoms with E-state index in [0.29, 0.717) is 24.6 Å². The van der Waals surface area contributed by atoms with E-state index < -0.39 is 10.0 Å². The molecule has 1 aliphatic heterocycles. The highest BCUT2D eigenvalue weighted by Crippen LogP contribution is 2.34. The van der Waals surface area contributed by atoms with Crippen molar-refractivity contribution in [3.8, 4) is 0 Å². The summed E-state index contributed by atoms with van der Waals surface area (Å²) < 4.78 is 33.3. The Morgan fingerprint density at radius 2 is 2.19 bits per heavy atom. The zero-order valence-corrected chi connectivity index (χ0v) is 13.1. The minimum Gasteiger partial charge on any atom is -0.375 e. The zero-order valence-electron chi connectivity index (χ0n) is 12.3. The molecule has 21 heavy (non-hydrogen) atoms. The van der Waals surface area contributed by atoms with Gasteiger partial charge in [-0.1, -0.05) is 12.1 Å². The summed E-state index contributed by atoms with van der Waals surface area (Å²) in [5.74, 6) is 0. The Hall–Kier alpha value is -0.950. The quantitative estimate of drug-likeness (QED) is 0.916. The highest BCUT2D eigenvalue weighted by Gasteiger charge is 2.42. The van der Waals surface area contributed by atoms with E-state index in [-0.39, 0.29) is 12.1 Å². The normalized spacial score (nSPS) is 26.8. The summed E-state index contributed by atoms with van der Waals surface area (Å²) >= 11 is 0. The van der Waals surface area contributed by atoms with Crippen LogP contribution in [0.4, 0.5) is 0 Å². The van der Waals surface area contributed by atoms with Crippen LogP contribution >= 0.6 is 0 Å². The largest absolute Gasteiger partial charge is 0.375 e. The molecule has 0 radical (unpaired) electrons. The van der Waals surface area contributed by atoms with Crippen LogP contribution in [0.3, 0.4) is 0 Å². The SMILES string of the molecule is Cc1cc(CN)ccc1S(=O)(=O)N1CCOC2CCCC21. The molecular formula is C15H22N2O3S. The Morgan fingerprint density at radius 3 is 2.90 bits per heavy atom. The van der Waals surface area contributed by atoms with Gasteiger partial charge in [-0.25, -0.2) is 8.42 Å². The predicted octanol–water partition coefficient (Wildman–Crippen LogP) is 1.40. The van der Waals surface area contributed by atoms with Crippen LogP contribution in [0.5, 0.6) is 0 Å². The first-order chi connectivity index (χ1) is 10.0. The molecule has 3 rings (SSSR count). The van der Waals surface area contributed by atoms with E-state index in [0.717, 1.165) is 30.4 Å². The summed E-state index contributed by atoms with van der Waals surface area (Å²) in [6, 6.07) is 5.34. The number of hydrogen-bond acceptors (Lipinski definition) is 4. The molecule has 6 heteroatoms. The number of morpholine rings is 1. The molecule has 2 atom stereocenters. The van der Waals surface area contributed by atoms with Gasteiger partial charge in [0.2, 0.25) is 10.0 Å². The molecule has 2 fully saturated rings. The summed E-state index contributed by atoms with van der Waals surface area (Å²) in [5, 5.41) is 0. The minimum atomic E-state index is -3.46. The van der Waals surface area contributed by atoms with Gasteiger partial charge in [-0.05, 0) is 43.4 Å². The maximum Gasteiger partial charge on any atom is 0.243 e. The third-order valence-corrected chi connectivity index (χ3v) is 6.58. The lowest BCUT2D eigenvalue weighted by atomic mass is 10.1. The second-order valence-corrected chi connectivity index (χ2v) is 7.69. The molecule has 1 aromatic rings. The maximum absolute atomic E-state index is 13.0. The molecular weight excluding hydrogens is 288 g/mol. The standard InChI is InChI=1S/C15H22N2O3S/c1-11-9-12(10-16)5-6-15(11)21(18,19)17-7-8-20-14-4-2-3-13(14)17/h5-6,9,13-14H,2-4,7-8,10,16H2,1H3. The first kappa shape index (κ1) is 15.0. The van der Waals surface area contributed by atoms with Gasteiger partial charge in [-0.3, -0.25) is 0 Å². The van der Waals surface area contributed by atoms with Gasteiger partial charge in [-0.15, -0.1) is 0 Å². The molecule has 0 amide bonds. The third kappa shape index (κ3) is 2.61. The van der Waals surface area contributed by atoms with E-state index in [4.69, 9.17) is 10.5 Å². The molecule has 1 heterocycles. The molecule has 116 valence electrons. The Balaban J connectivity index is 1.96. The third-order valence-electron chi connectivity index (χ3n) is 4.49. The van der Waals surface area contributed by atoms with Crippen molar-refractivity contribution in [3.05, 3.63) is 29.3 Å². The molecule has 2 N–H and O–H groups in total. The van der Waals surface area contributed by atoms with E-state index in [1.807, 2.05) is 13.0 Å². The summed E-state index contributed by atoms with van der Waals surface area (Å²) in [6.07, 6.45) is 2.95. The van der Waals surface area contributed by atoms with Crippen LogP contribution in [0.2, 0.25) is 0 Å². The Labute approximate surface area is 126 Å². The lowest BCUT2D eigenvalue weighted by molar-refractivity contribution is -0.0241. The van der Waals surface area contributed by atoms with E-state index in [2.05, 4.69) is 0 Å². The zero-order chi connectivity index (χ0) is 15.0. The second-order valence-electron chi connectivity index (χ2n) is 5.83. The van der Waals surface area contributed by atoms with Crippen molar-refractivity contribution < 1.29 is 13.2 Å². The van der Waals surface area contributed by atoms with Crippen molar-refractivity contribution in [1.82, 2.24) is 4.31 Å². The number of sulfonamides is 1. The lowest BCUT2D eigenvalue weighted by Gasteiger charge is -2.36. The Morgan fingerprint density at radius 1 is 1.38 bits per heavy atom. The van der Waals surface area contributed by atoms with Crippen LogP contribution in [0.15, 0.2) is 23.1 Å². The number of rotatable bonds is 3. The summed E-state index contributed by atoms with van der Waals surface area (Å²) in [7, 11) is -3.46. The molecule has 0 aromatic heterocycles. The molecule has 5 nitrogen and oxygen atoms in total. The van der Waals surface area contributed by atoms with Gasteiger partial charge in [0.25, 0.3) is 0 Å². The highest BCUT2D eigenvalue weighted by molar-refractivity contribution is 7.89. The van der Waals surface area contributed by atoms with Crippen molar-refractivity contribution in [2.75, 3.05) is 13.2 Å². The number of nitrogens with zero attached hydrogens (tertiary/aromatic N) is 1. The topological polar surface area (TPSA) is 72.6 Å². The lowest BCUT2D eigenvalue weighted by Crippen LogP contribution is -2.51. The fourth-order valence-electron chi connectivity index (χ4n) is 3.44. The van der Waals surface area contributed by atoms with E-state index in [9.17, 15) is 8.42 Å². The van der Waals surface area contributed by atoms with E-state index in [1.54, 1.807) is 16.4 Å². The van der Waals surface area contributed by atoms with E-state index in [1.165, 1.54) is 0 Å². The number of benzene rings is 1. The molecule has 0 bridgehead atoms. The molecule has 0 spiro atoms. The number of aryl methyl sites for hydroxylation is 1. The Bertz CT molecular complexity index is 630. The second kappa shape index (κ2) is 5.68. The van der Waals surface area contributed by atoms with Crippen molar-refractivity contribution in [1.29, 1.82) is 0 Å². The van der Waals surface area contributed by atoms with Crippen molar-refractivity contribution in [3.63, 3.8) is 0 Å². The first-order valence-corrected chi connectivity index (χ1v) is 8.91. The predicted molar refractivity (Wildman–Crippen MR) is 80.3 cm³/mol. The maximum atomic E-state index is 13.0. The van der Waals surface area contributed by atoms with Gasteiger partial charge in [0, 0.05) is 13.1 Å². The van der Waals surface area contributed by atoms with Crippen molar-refractivity contribution in [2.24, 2.45) is 5.73 Å². The van der Waals surface area contributed by atoms with Gasteiger partial charge in [0.05, 0.1) is 23.6 Å². The van der Waals surface area contributed by atoms with Gasteiger partial charge >= 0.3 is 0 Å². The molecule has 2 aliphatic rings. The fourth-order valence-corrected chi connectivity index (χ4v) is 5.31. The smallest absolute Gasteiger partial charge is 0.243 e. The summed E-state index contributed by atoms with van der Waals surface area (Å²) in [6.45, 7) is 3.18. The van der Waals surface area contributed by atoms with Crippen LogP contribution in [0.25, 0.3) is 0 Å². The number of ether oxygens (including phenoxy) is 1. The van der Waals surface area contributed by atoms with Crippen LogP contribution in [0.1, 0.15) is 30.4 Å². The molecule has 1 aliphatic carbocycles. The Kier molecular flexibility index (Phi) is 4.05. The first-order valence-electron chi connectivity index (χ1n) is 7.47. The van der Waals surface area contributed by atoms with Crippen LogP contribution in [0, 0.1) is 6.92 Å². The summed E-state index contributed by atoms with van der Waals surface area (Å²) in [5.41, 5.74) is 7.33. The van der Waals surface area contributed by atoms with Crippen molar-refractivity contribution >= 4 is 10.0 Å². The van der Waals surface area contributed by atoms with E-state index >= 15 is 0 Å². The minimum absolute atomic E-state index is 0.00247. The average Bonchev–Trinajstić information content (AvgIpc) is 2.94. The average molecular weight is 310 g/mol. The van der Waals surface area contributed by atoms with Crippen LogP contribution < -0.4 is 5.73 Å². The van der Waals surface area contributed by atoms with Gasteiger partial charge in [0.1, 0.15) is 0 Å². The van der Waals surface area contributed by atoms with Crippen molar-refractivity contribution in [2.45, 2.75) is 49.8 Å². The molecule has 1 aromatic carbocycles.